The zero-order chi connectivity index (χ0) is 24.1. The Morgan fingerprint density at radius 2 is 1.91 bits per heavy atom. The molecule has 0 saturated heterocycles. The number of rotatable bonds is 10. The van der Waals surface area contributed by atoms with Gasteiger partial charge in [0.15, 0.2) is 6.61 Å². The van der Waals surface area contributed by atoms with E-state index in [1.807, 2.05) is 19.9 Å². The second-order valence-electron chi connectivity index (χ2n) is 8.25. The highest BCUT2D eigenvalue weighted by atomic mass is 19.3. The minimum atomic E-state index is -3.12. The van der Waals surface area contributed by atoms with Crippen molar-refractivity contribution in [2.75, 3.05) is 6.61 Å². The number of ether oxygens (including phenoxy) is 2. The van der Waals surface area contributed by atoms with Gasteiger partial charge < -0.3 is 19.7 Å². The monoisotopic (exact) mass is 454 g/mol. The number of carbonyl (C=O) groups is 1. The number of carbonyl (C=O) groups excluding carboxylic acids is 1. The van der Waals surface area contributed by atoms with Crippen molar-refractivity contribution >= 4 is 5.97 Å². The topological polar surface area (TPSA) is 76.0 Å². The Bertz CT molecular complexity index is 706. The minimum Gasteiger partial charge on any atom is -0.487 e. The van der Waals surface area contributed by atoms with Crippen LogP contribution < -0.4 is 4.74 Å². The summed E-state index contributed by atoms with van der Waals surface area (Å²) >= 11 is 0. The molecule has 32 heavy (non-hydrogen) atoms. The van der Waals surface area contributed by atoms with Gasteiger partial charge in [0.1, 0.15) is 5.75 Å². The van der Waals surface area contributed by atoms with E-state index in [-0.39, 0.29) is 24.4 Å². The first-order chi connectivity index (χ1) is 15.1. The van der Waals surface area contributed by atoms with Crippen molar-refractivity contribution in [2.24, 2.45) is 11.8 Å². The van der Waals surface area contributed by atoms with Gasteiger partial charge in [0, 0.05) is 18.8 Å². The Balaban J connectivity index is 0.000000396. The summed E-state index contributed by atoms with van der Waals surface area (Å²) < 4.78 is 37.5. The largest absolute Gasteiger partial charge is 0.487 e. The quantitative estimate of drug-likeness (QED) is 0.298. The molecule has 1 saturated carbocycles. The van der Waals surface area contributed by atoms with E-state index >= 15 is 0 Å². The van der Waals surface area contributed by atoms with Crippen LogP contribution in [-0.2, 0) is 9.53 Å². The lowest BCUT2D eigenvalue weighted by atomic mass is 9.95. The molecule has 2 N–H and O–H groups in total. The fourth-order valence-electron chi connectivity index (χ4n) is 3.24. The molecule has 2 rings (SSSR count). The molecule has 0 heterocycles. The molecule has 1 aliphatic carbocycles. The molecule has 0 radical (unpaired) electrons. The van der Waals surface area contributed by atoms with E-state index in [9.17, 15) is 23.8 Å². The number of alkyl halides is 2. The average molecular weight is 455 g/mol. The zero-order valence-electron chi connectivity index (χ0n) is 19.1. The van der Waals surface area contributed by atoms with Gasteiger partial charge in [-0.2, -0.15) is 8.78 Å². The number of para-hydroxylation sites is 1. The van der Waals surface area contributed by atoms with Gasteiger partial charge in [-0.1, -0.05) is 37.3 Å². The van der Waals surface area contributed by atoms with Crippen LogP contribution in [0.5, 0.6) is 5.75 Å². The highest BCUT2D eigenvalue weighted by molar-refractivity contribution is 5.69. The first-order valence-electron chi connectivity index (χ1n) is 11.0. The maximum absolute atomic E-state index is 13.8. The highest BCUT2D eigenvalue weighted by Crippen LogP contribution is 2.34. The maximum Gasteiger partial charge on any atom is 0.306 e. The number of aliphatic hydroxyl groups is 2. The lowest BCUT2D eigenvalue weighted by Crippen LogP contribution is -2.24. The number of hydrogen-bond donors (Lipinski definition) is 2. The molecule has 1 aromatic carbocycles. The smallest absolute Gasteiger partial charge is 0.306 e. The Kier molecular flexibility index (Phi) is 12.2. The lowest BCUT2D eigenvalue weighted by Gasteiger charge is -2.18. The molecule has 7 heteroatoms. The van der Waals surface area contributed by atoms with Gasteiger partial charge in [-0.3, -0.25) is 4.79 Å². The average Bonchev–Trinajstić information content (AvgIpc) is 2.97. The number of aliphatic hydroxyl groups excluding tert-OH is 2. The van der Waals surface area contributed by atoms with E-state index in [0.29, 0.717) is 12.2 Å². The molecule has 0 unspecified atom stereocenters. The SMILES string of the molecule is C=CCCCC(=O)OC(C)C.C[C@@H]1[C@@H](/C=C/C(F)(F)COc2ccccc2)[C@H](O)C[C@@H]1O. The molecule has 0 aromatic heterocycles. The fraction of sp³-hybridized carbons (Fsp3) is 0.560. The highest BCUT2D eigenvalue weighted by Gasteiger charge is 2.38. The van der Waals surface area contributed by atoms with Crippen LogP contribution in [0.3, 0.4) is 0 Å². The molecular formula is C25H36F2O5. The first kappa shape index (κ1) is 27.8. The molecule has 0 bridgehead atoms. The van der Waals surface area contributed by atoms with Crippen LogP contribution in [0.4, 0.5) is 8.78 Å². The van der Waals surface area contributed by atoms with Crippen molar-refractivity contribution in [2.45, 2.75) is 70.7 Å². The van der Waals surface area contributed by atoms with E-state index < -0.39 is 30.7 Å². The number of esters is 1. The number of halogens is 2. The maximum atomic E-state index is 13.8. The molecule has 4 atom stereocenters. The minimum absolute atomic E-state index is 0.00577. The predicted molar refractivity (Wildman–Crippen MR) is 121 cm³/mol. The van der Waals surface area contributed by atoms with Gasteiger partial charge in [0.05, 0.1) is 18.3 Å². The van der Waals surface area contributed by atoms with E-state index in [1.165, 1.54) is 6.08 Å². The van der Waals surface area contributed by atoms with Crippen molar-refractivity contribution < 1.29 is 33.3 Å². The van der Waals surface area contributed by atoms with Gasteiger partial charge in [0.25, 0.3) is 5.92 Å². The van der Waals surface area contributed by atoms with Gasteiger partial charge in [-0.25, -0.2) is 0 Å². The fourth-order valence-corrected chi connectivity index (χ4v) is 3.24. The van der Waals surface area contributed by atoms with Crippen molar-refractivity contribution in [3.05, 3.63) is 55.1 Å². The summed E-state index contributed by atoms with van der Waals surface area (Å²) in [4.78, 5) is 10.9. The van der Waals surface area contributed by atoms with Crippen LogP contribution in [-0.4, -0.2) is 47.0 Å². The van der Waals surface area contributed by atoms with Crippen LogP contribution in [0, 0.1) is 11.8 Å². The molecular weight excluding hydrogens is 418 g/mol. The Morgan fingerprint density at radius 1 is 1.25 bits per heavy atom. The van der Waals surface area contributed by atoms with Crippen LogP contribution in [0.2, 0.25) is 0 Å². The Labute approximate surface area is 189 Å². The summed E-state index contributed by atoms with van der Waals surface area (Å²) in [7, 11) is 0. The third-order valence-corrected chi connectivity index (χ3v) is 5.03. The molecule has 0 aliphatic heterocycles. The van der Waals surface area contributed by atoms with Crippen molar-refractivity contribution in [1.29, 1.82) is 0 Å². The number of benzene rings is 1. The van der Waals surface area contributed by atoms with E-state index in [0.717, 1.165) is 18.9 Å². The number of unbranched alkanes of at least 4 members (excludes halogenated alkanes) is 1. The van der Waals surface area contributed by atoms with Gasteiger partial charge >= 0.3 is 5.97 Å². The summed E-state index contributed by atoms with van der Waals surface area (Å²) in [6.45, 7) is 8.26. The van der Waals surface area contributed by atoms with Gasteiger partial charge in [-0.15, -0.1) is 6.58 Å². The number of hydrogen-bond acceptors (Lipinski definition) is 5. The summed E-state index contributed by atoms with van der Waals surface area (Å²) in [5.41, 5.74) is 0. The second kappa shape index (κ2) is 14.0. The first-order valence-corrected chi connectivity index (χ1v) is 11.0. The third kappa shape index (κ3) is 10.9. The summed E-state index contributed by atoms with van der Waals surface area (Å²) in [5.74, 6) is -3.54. The van der Waals surface area contributed by atoms with Gasteiger partial charge in [0.2, 0.25) is 0 Å². The predicted octanol–water partition coefficient (Wildman–Crippen LogP) is 4.93. The molecule has 1 fully saturated rings. The molecule has 1 aliphatic rings. The standard InChI is InChI=1S/C16H20F2O3.C9H16O2/c1-11-13(15(20)9-14(11)19)7-8-16(17,18)10-21-12-5-3-2-4-6-12;1-4-5-6-7-9(10)11-8(2)3/h2-8,11,13-15,19-20H,9-10H2,1H3;4,8H,1,5-7H2,2-3H3/b8-7+;/t11-,13-,14+,15-;/m1./s1. The Hall–Kier alpha value is -2.25. The van der Waals surface area contributed by atoms with E-state index in [4.69, 9.17) is 9.47 Å². The summed E-state index contributed by atoms with van der Waals surface area (Å²) in [5, 5.41) is 19.4. The van der Waals surface area contributed by atoms with Crippen LogP contribution in [0.15, 0.2) is 55.1 Å². The van der Waals surface area contributed by atoms with Crippen molar-refractivity contribution in [3.8, 4) is 5.75 Å². The normalized spacial score (nSPS) is 23.0. The Morgan fingerprint density at radius 3 is 2.44 bits per heavy atom. The number of allylic oxidation sites excluding steroid dienone is 1. The van der Waals surface area contributed by atoms with Crippen molar-refractivity contribution in [1.82, 2.24) is 0 Å². The van der Waals surface area contributed by atoms with Crippen LogP contribution >= 0.6 is 0 Å². The molecule has 180 valence electrons. The molecule has 0 amide bonds. The molecule has 5 nitrogen and oxygen atoms in total. The van der Waals surface area contributed by atoms with E-state index in [1.54, 1.807) is 37.3 Å². The third-order valence-electron chi connectivity index (χ3n) is 5.03. The molecule has 0 spiro atoms. The zero-order valence-corrected chi connectivity index (χ0v) is 19.1. The summed E-state index contributed by atoms with van der Waals surface area (Å²) in [6.07, 6.45) is 4.89. The van der Waals surface area contributed by atoms with Crippen LogP contribution in [0.1, 0.15) is 46.5 Å². The summed E-state index contributed by atoms with van der Waals surface area (Å²) in [6, 6.07) is 8.42. The van der Waals surface area contributed by atoms with Crippen LogP contribution in [0.25, 0.3) is 0 Å². The van der Waals surface area contributed by atoms with Crippen molar-refractivity contribution in [3.63, 3.8) is 0 Å². The molecule has 1 aromatic rings. The lowest BCUT2D eigenvalue weighted by molar-refractivity contribution is -0.147. The van der Waals surface area contributed by atoms with Gasteiger partial charge in [-0.05, 0) is 50.8 Å². The van der Waals surface area contributed by atoms with E-state index in [2.05, 4.69) is 6.58 Å². The second-order valence-corrected chi connectivity index (χ2v) is 8.25.